The van der Waals surface area contributed by atoms with Crippen LogP contribution in [0.3, 0.4) is 0 Å². The number of thiophene rings is 1. The molecule has 0 saturated carbocycles. The summed E-state index contributed by atoms with van der Waals surface area (Å²) in [5.74, 6) is 0.189. The molecule has 1 amide bonds. The summed E-state index contributed by atoms with van der Waals surface area (Å²) in [5.41, 5.74) is 1.72. The second-order valence-corrected chi connectivity index (χ2v) is 7.93. The molecule has 0 aliphatic rings. The second kappa shape index (κ2) is 8.51. The number of aromatic nitrogens is 2. The van der Waals surface area contributed by atoms with Gasteiger partial charge in [0.1, 0.15) is 4.83 Å². The minimum absolute atomic E-state index is 0.0464. The lowest BCUT2D eigenvalue weighted by atomic mass is 10.1. The molecular formula is C19H21N3O2S2. The Hall–Kier alpha value is -2.12. The number of benzene rings is 1. The van der Waals surface area contributed by atoms with Gasteiger partial charge in [-0.3, -0.25) is 9.59 Å². The van der Waals surface area contributed by atoms with Crippen LogP contribution in [0.15, 0.2) is 45.7 Å². The number of hydrogen-bond acceptors (Lipinski definition) is 5. The fraction of sp³-hybridized carbons (Fsp3) is 0.316. The summed E-state index contributed by atoms with van der Waals surface area (Å²) >= 11 is 2.69. The average Bonchev–Trinajstić information content (AvgIpc) is 3.05. The van der Waals surface area contributed by atoms with Gasteiger partial charge >= 0.3 is 0 Å². The van der Waals surface area contributed by atoms with Gasteiger partial charge in [-0.2, -0.15) is 0 Å². The van der Waals surface area contributed by atoms with Crippen molar-refractivity contribution in [2.75, 3.05) is 5.75 Å². The van der Waals surface area contributed by atoms with Crippen LogP contribution in [0.4, 0.5) is 0 Å². The smallest absolute Gasteiger partial charge is 0.260 e. The third kappa shape index (κ3) is 4.34. The zero-order valence-electron chi connectivity index (χ0n) is 14.7. The van der Waals surface area contributed by atoms with Gasteiger partial charge in [-0.15, -0.1) is 11.3 Å². The van der Waals surface area contributed by atoms with Gasteiger partial charge in [-0.1, -0.05) is 55.4 Å². The van der Waals surface area contributed by atoms with Gasteiger partial charge in [0, 0.05) is 17.0 Å². The van der Waals surface area contributed by atoms with E-state index in [0.29, 0.717) is 15.4 Å². The van der Waals surface area contributed by atoms with Gasteiger partial charge in [-0.05, 0) is 18.9 Å². The lowest BCUT2D eigenvalue weighted by molar-refractivity contribution is -0.119. The Morgan fingerprint density at radius 3 is 2.85 bits per heavy atom. The van der Waals surface area contributed by atoms with E-state index in [1.807, 2.05) is 42.6 Å². The SMILES string of the molecule is CCC[C@H](C)NC(=O)CSc1nc2scc(-c3ccccc3)c2c(=O)[nH]1. The predicted molar refractivity (Wildman–Crippen MR) is 109 cm³/mol. The third-order valence-corrected chi connectivity index (χ3v) is 5.72. The molecule has 0 spiro atoms. The van der Waals surface area contributed by atoms with Crippen LogP contribution >= 0.6 is 23.1 Å². The van der Waals surface area contributed by atoms with E-state index in [9.17, 15) is 9.59 Å². The largest absolute Gasteiger partial charge is 0.353 e. The van der Waals surface area contributed by atoms with E-state index in [1.165, 1.54) is 23.1 Å². The molecule has 3 rings (SSSR count). The van der Waals surface area contributed by atoms with Crippen LogP contribution in [-0.4, -0.2) is 27.7 Å². The number of hydrogen-bond donors (Lipinski definition) is 2. The van der Waals surface area contributed by atoms with Crippen molar-refractivity contribution in [1.29, 1.82) is 0 Å². The topological polar surface area (TPSA) is 74.8 Å². The third-order valence-electron chi connectivity index (χ3n) is 3.98. The van der Waals surface area contributed by atoms with Crippen molar-refractivity contribution in [2.24, 2.45) is 0 Å². The first-order valence-corrected chi connectivity index (χ1v) is 10.4. The molecule has 0 bridgehead atoms. The molecule has 2 heterocycles. The molecule has 0 aliphatic heterocycles. The highest BCUT2D eigenvalue weighted by Crippen LogP contribution is 2.31. The van der Waals surface area contributed by atoms with Crippen molar-refractivity contribution in [1.82, 2.24) is 15.3 Å². The van der Waals surface area contributed by atoms with Crippen molar-refractivity contribution >= 4 is 39.2 Å². The Morgan fingerprint density at radius 2 is 2.12 bits per heavy atom. The van der Waals surface area contributed by atoms with E-state index >= 15 is 0 Å². The van der Waals surface area contributed by atoms with Crippen LogP contribution in [-0.2, 0) is 4.79 Å². The maximum Gasteiger partial charge on any atom is 0.260 e. The van der Waals surface area contributed by atoms with Gasteiger partial charge in [0.2, 0.25) is 5.91 Å². The van der Waals surface area contributed by atoms with Crippen LogP contribution in [0.1, 0.15) is 26.7 Å². The number of H-pyrrole nitrogens is 1. The van der Waals surface area contributed by atoms with Crippen molar-refractivity contribution in [2.45, 2.75) is 37.9 Å². The van der Waals surface area contributed by atoms with E-state index in [4.69, 9.17) is 0 Å². The van der Waals surface area contributed by atoms with Crippen LogP contribution < -0.4 is 10.9 Å². The second-order valence-electron chi connectivity index (χ2n) is 6.11. The minimum atomic E-state index is -0.169. The number of nitrogens with one attached hydrogen (secondary N) is 2. The summed E-state index contributed by atoms with van der Waals surface area (Å²) < 4.78 is 0. The molecule has 0 saturated heterocycles. The monoisotopic (exact) mass is 387 g/mol. The van der Waals surface area contributed by atoms with Gasteiger partial charge < -0.3 is 10.3 Å². The van der Waals surface area contributed by atoms with Crippen LogP contribution in [0, 0.1) is 0 Å². The maximum atomic E-state index is 12.6. The fourth-order valence-corrected chi connectivity index (χ4v) is 4.46. The zero-order valence-corrected chi connectivity index (χ0v) is 16.4. The minimum Gasteiger partial charge on any atom is -0.353 e. The van der Waals surface area contributed by atoms with Crippen LogP contribution in [0.5, 0.6) is 0 Å². The highest BCUT2D eigenvalue weighted by atomic mass is 32.2. The molecule has 0 radical (unpaired) electrons. The molecule has 7 heteroatoms. The average molecular weight is 388 g/mol. The first-order valence-electron chi connectivity index (χ1n) is 8.57. The Kier molecular flexibility index (Phi) is 6.11. The molecule has 2 aromatic heterocycles. The molecule has 136 valence electrons. The van der Waals surface area contributed by atoms with E-state index in [2.05, 4.69) is 22.2 Å². The summed E-state index contributed by atoms with van der Waals surface area (Å²) in [7, 11) is 0. The molecule has 3 aromatic rings. The first kappa shape index (κ1) is 18.7. The zero-order chi connectivity index (χ0) is 18.5. The van der Waals surface area contributed by atoms with Gasteiger partial charge in [0.25, 0.3) is 5.56 Å². The Labute approximate surface area is 160 Å². The van der Waals surface area contributed by atoms with E-state index in [-0.39, 0.29) is 23.3 Å². The summed E-state index contributed by atoms with van der Waals surface area (Å²) in [6, 6.07) is 9.96. The summed E-state index contributed by atoms with van der Waals surface area (Å²) in [4.78, 5) is 32.6. The molecule has 5 nitrogen and oxygen atoms in total. The van der Waals surface area contributed by atoms with E-state index in [1.54, 1.807) is 0 Å². The standard InChI is InChI=1S/C19H21N3O2S2/c1-3-7-12(2)20-15(23)11-26-19-21-17(24)16-14(10-25-18(16)22-19)13-8-5-4-6-9-13/h4-6,8-10,12H,3,7,11H2,1-2H3,(H,20,23)(H,21,22,24)/t12-/m0/s1. The Morgan fingerprint density at radius 1 is 1.35 bits per heavy atom. The number of thioether (sulfide) groups is 1. The highest BCUT2D eigenvalue weighted by Gasteiger charge is 2.14. The Bertz CT molecular complexity index is 950. The number of aromatic amines is 1. The normalized spacial score (nSPS) is 12.2. The molecule has 0 fully saturated rings. The molecule has 26 heavy (non-hydrogen) atoms. The van der Waals surface area contributed by atoms with E-state index in [0.717, 1.165) is 24.0 Å². The summed E-state index contributed by atoms with van der Waals surface area (Å²) in [6.45, 7) is 4.08. The maximum absolute atomic E-state index is 12.6. The van der Waals surface area contributed by atoms with Crippen molar-refractivity contribution in [3.63, 3.8) is 0 Å². The Balaban J connectivity index is 1.76. The van der Waals surface area contributed by atoms with Crippen LogP contribution in [0.2, 0.25) is 0 Å². The molecule has 1 aromatic carbocycles. The lowest BCUT2D eigenvalue weighted by Gasteiger charge is -2.12. The van der Waals surface area contributed by atoms with Crippen molar-refractivity contribution < 1.29 is 4.79 Å². The number of fused-ring (bicyclic) bond motifs is 1. The highest BCUT2D eigenvalue weighted by molar-refractivity contribution is 7.99. The fourth-order valence-electron chi connectivity index (χ4n) is 2.78. The molecular weight excluding hydrogens is 366 g/mol. The molecule has 1 atom stereocenters. The summed E-state index contributed by atoms with van der Waals surface area (Å²) in [5, 5.41) is 5.98. The van der Waals surface area contributed by atoms with Crippen molar-refractivity contribution in [3.8, 4) is 11.1 Å². The van der Waals surface area contributed by atoms with Crippen molar-refractivity contribution in [3.05, 3.63) is 46.1 Å². The summed E-state index contributed by atoms with van der Waals surface area (Å²) in [6.07, 6.45) is 1.98. The number of carbonyl (C=O) groups is 1. The lowest BCUT2D eigenvalue weighted by Crippen LogP contribution is -2.33. The van der Waals surface area contributed by atoms with Gasteiger partial charge in [0.15, 0.2) is 5.16 Å². The van der Waals surface area contributed by atoms with Crippen LogP contribution in [0.25, 0.3) is 21.3 Å². The van der Waals surface area contributed by atoms with Gasteiger partial charge in [0.05, 0.1) is 11.1 Å². The van der Waals surface area contributed by atoms with E-state index < -0.39 is 0 Å². The first-order chi connectivity index (χ1) is 12.6. The molecule has 0 unspecified atom stereocenters. The van der Waals surface area contributed by atoms with Gasteiger partial charge in [-0.25, -0.2) is 4.98 Å². The molecule has 0 aliphatic carbocycles. The molecule has 2 N–H and O–H groups in total. The number of carbonyl (C=O) groups excluding carboxylic acids is 1. The predicted octanol–water partition coefficient (Wildman–Crippen LogP) is 4.05. The number of rotatable bonds is 7. The number of nitrogens with zero attached hydrogens (tertiary/aromatic N) is 1. The quantitative estimate of drug-likeness (QED) is 0.474. The number of amides is 1.